The zero-order chi connectivity index (χ0) is 18.4. The summed E-state index contributed by atoms with van der Waals surface area (Å²) in [5, 5.41) is 0. The van der Waals surface area contributed by atoms with Gasteiger partial charge in [-0.15, -0.1) is 0 Å². The van der Waals surface area contributed by atoms with Crippen LogP contribution in [0.5, 0.6) is 0 Å². The molecule has 140 valence electrons. The van der Waals surface area contributed by atoms with Crippen molar-refractivity contribution >= 4 is 13.6 Å². The standard InChI is InChI=1S/C19H29O5P/c1-14-10-11-17(15(2)16-8-6-5-7-9-16)18(12-14)24-19(20)13-25(21,22-3)23-4/h5-9,14-15,17-18H,10-13H2,1-4H3/t14-,15?,17+,18-/m0/s1. The van der Waals surface area contributed by atoms with E-state index in [2.05, 4.69) is 26.0 Å². The first-order valence-corrected chi connectivity index (χ1v) is 10.6. The Morgan fingerprint density at radius 2 is 1.84 bits per heavy atom. The molecular formula is C19H29O5P. The van der Waals surface area contributed by atoms with E-state index in [0.29, 0.717) is 11.8 Å². The third-order valence-corrected chi connectivity index (χ3v) is 6.99. The fraction of sp³-hybridized carbons (Fsp3) is 0.632. The Kier molecular flexibility index (Phi) is 7.24. The highest BCUT2D eigenvalue weighted by atomic mass is 31.2. The Balaban J connectivity index is 2.09. The molecule has 1 saturated carbocycles. The van der Waals surface area contributed by atoms with Crippen LogP contribution in [0.2, 0.25) is 0 Å². The molecule has 0 bridgehead atoms. The summed E-state index contributed by atoms with van der Waals surface area (Å²) in [5.41, 5.74) is 1.25. The van der Waals surface area contributed by atoms with Crippen LogP contribution in [0.25, 0.3) is 0 Å². The van der Waals surface area contributed by atoms with Crippen LogP contribution in [0.15, 0.2) is 30.3 Å². The molecule has 6 heteroatoms. The van der Waals surface area contributed by atoms with Gasteiger partial charge in [0.25, 0.3) is 0 Å². The molecule has 4 atom stereocenters. The summed E-state index contributed by atoms with van der Waals surface area (Å²) in [7, 11) is -0.840. The van der Waals surface area contributed by atoms with Crippen molar-refractivity contribution in [2.75, 3.05) is 20.4 Å². The van der Waals surface area contributed by atoms with Gasteiger partial charge in [-0.2, -0.15) is 0 Å². The molecule has 1 aromatic carbocycles. The highest BCUT2D eigenvalue weighted by Gasteiger charge is 2.37. The van der Waals surface area contributed by atoms with E-state index in [1.165, 1.54) is 19.8 Å². The third kappa shape index (κ3) is 5.40. The largest absolute Gasteiger partial charge is 0.462 e. The summed E-state index contributed by atoms with van der Waals surface area (Å²) in [5.74, 6) is 0.542. The minimum absolute atomic E-state index is 0.173. The average molecular weight is 368 g/mol. The third-order valence-electron chi connectivity index (χ3n) is 5.23. The maximum Gasteiger partial charge on any atom is 0.341 e. The second-order valence-electron chi connectivity index (χ2n) is 6.94. The summed E-state index contributed by atoms with van der Waals surface area (Å²) >= 11 is 0. The minimum atomic E-state index is -3.40. The van der Waals surface area contributed by atoms with Crippen molar-refractivity contribution in [2.45, 2.75) is 45.1 Å². The van der Waals surface area contributed by atoms with Crippen LogP contribution < -0.4 is 0 Å². The van der Waals surface area contributed by atoms with Crippen molar-refractivity contribution in [1.82, 2.24) is 0 Å². The van der Waals surface area contributed by atoms with E-state index in [1.807, 2.05) is 18.2 Å². The summed E-state index contributed by atoms with van der Waals surface area (Å²) in [6.07, 6.45) is 2.45. The number of ether oxygens (including phenoxy) is 1. The van der Waals surface area contributed by atoms with Gasteiger partial charge in [-0.3, -0.25) is 9.36 Å². The predicted molar refractivity (Wildman–Crippen MR) is 97.7 cm³/mol. The first-order valence-electron chi connectivity index (χ1n) is 8.83. The Morgan fingerprint density at radius 3 is 2.44 bits per heavy atom. The SMILES string of the molecule is COP(=O)(CC(=O)O[C@H]1C[C@@H](C)CC[C@@H]1C(C)c1ccccc1)OC. The van der Waals surface area contributed by atoms with Crippen LogP contribution in [-0.2, 0) is 23.1 Å². The molecule has 2 rings (SSSR count). The average Bonchev–Trinajstić information content (AvgIpc) is 2.62. The van der Waals surface area contributed by atoms with E-state index >= 15 is 0 Å². The molecule has 1 unspecified atom stereocenters. The summed E-state index contributed by atoms with van der Waals surface area (Å²) in [6.45, 7) is 4.37. The fourth-order valence-electron chi connectivity index (χ4n) is 3.63. The van der Waals surface area contributed by atoms with Gasteiger partial charge in [-0.05, 0) is 30.2 Å². The number of esters is 1. The first kappa shape index (κ1) is 20.2. The van der Waals surface area contributed by atoms with Gasteiger partial charge in [-0.1, -0.05) is 50.6 Å². The molecule has 0 aliphatic heterocycles. The molecule has 0 saturated heterocycles. The van der Waals surface area contributed by atoms with Crippen molar-refractivity contribution in [3.05, 3.63) is 35.9 Å². The maximum absolute atomic E-state index is 12.3. The van der Waals surface area contributed by atoms with E-state index in [9.17, 15) is 9.36 Å². The van der Waals surface area contributed by atoms with Crippen LogP contribution in [0, 0.1) is 11.8 Å². The Labute approximate surface area is 150 Å². The Morgan fingerprint density at radius 1 is 1.20 bits per heavy atom. The zero-order valence-electron chi connectivity index (χ0n) is 15.5. The van der Waals surface area contributed by atoms with Crippen molar-refractivity contribution in [1.29, 1.82) is 0 Å². The second kappa shape index (κ2) is 8.98. The Hall–Kier alpha value is -1.16. The lowest BCUT2D eigenvalue weighted by atomic mass is 9.73. The number of hydrogen-bond acceptors (Lipinski definition) is 5. The van der Waals surface area contributed by atoms with Gasteiger partial charge in [0, 0.05) is 20.1 Å². The van der Waals surface area contributed by atoms with E-state index in [4.69, 9.17) is 13.8 Å². The van der Waals surface area contributed by atoms with Gasteiger partial charge in [-0.25, -0.2) is 0 Å². The molecule has 25 heavy (non-hydrogen) atoms. The van der Waals surface area contributed by atoms with E-state index in [1.54, 1.807) is 0 Å². The number of hydrogen-bond donors (Lipinski definition) is 0. The second-order valence-corrected chi connectivity index (χ2v) is 9.21. The fourth-order valence-corrected chi connectivity index (χ4v) is 4.43. The van der Waals surface area contributed by atoms with Crippen molar-refractivity contribution in [3.63, 3.8) is 0 Å². The summed E-state index contributed by atoms with van der Waals surface area (Å²) in [6, 6.07) is 10.3. The molecular weight excluding hydrogens is 339 g/mol. The number of benzene rings is 1. The normalized spacial score (nSPS) is 25.4. The number of carbonyl (C=O) groups excluding carboxylic acids is 1. The van der Waals surface area contributed by atoms with Crippen LogP contribution in [-0.4, -0.2) is 32.5 Å². The lowest BCUT2D eigenvalue weighted by Gasteiger charge is -2.38. The smallest absolute Gasteiger partial charge is 0.341 e. The van der Waals surface area contributed by atoms with Gasteiger partial charge in [0.1, 0.15) is 12.3 Å². The molecule has 0 spiro atoms. The van der Waals surface area contributed by atoms with Gasteiger partial charge >= 0.3 is 13.6 Å². The summed E-state index contributed by atoms with van der Waals surface area (Å²) in [4.78, 5) is 12.3. The van der Waals surface area contributed by atoms with Crippen LogP contribution >= 0.6 is 7.60 Å². The quantitative estimate of drug-likeness (QED) is 0.519. The zero-order valence-corrected chi connectivity index (χ0v) is 16.4. The van der Waals surface area contributed by atoms with Gasteiger partial charge < -0.3 is 13.8 Å². The van der Waals surface area contributed by atoms with Gasteiger partial charge in [0.2, 0.25) is 0 Å². The van der Waals surface area contributed by atoms with Crippen molar-refractivity contribution < 1.29 is 23.1 Å². The molecule has 5 nitrogen and oxygen atoms in total. The van der Waals surface area contributed by atoms with E-state index in [-0.39, 0.29) is 18.2 Å². The minimum Gasteiger partial charge on any atom is -0.462 e. The number of carbonyl (C=O) groups is 1. The van der Waals surface area contributed by atoms with E-state index in [0.717, 1.165) is 19.3 Å². The molecule has 0 N–H and O–H groups in total. The molecule has 1 fully saturated rings. The van der Waals surface area contributed by atoms with Gasteiger partial charge in [0.05, 0.1) is 0 Å². The monoisotopic (exact) mass is 368 g/mol. The van der Waals surface area contributed by atoms with Crippen LogP contribution in [0.4, 0.5) is 0 Å². The highest BCUT2D eigenvalue weighted by molar-refractivity contribution is 7.54. The lowest BCUT2D eigenvalue weighted by molar-refractivity contribution is -0.152. The highest BCUT2D eigenvalue weighted by Crippen LogP contribution is 2.47. The molecule has 1 aromatic rings. The first-order chi connectivity index (χ1) is 11.9. The molecule has 0 heterocycles. The predicted octanol–water partition coefficient (Wildman–Crippen LogP) is 4.62. The van der Waals surface area contributed by atoms with Crippen LogP contribution in [0.1, 0.15) is 44.6 Å². The molecule has 0 amide bonds. The van der Waals surface area contributed by atoms with Crippen LogP contribution in [0.3, 0.4) is 0 Å². The molecule has 0 aromatic heterocycles. The van der Waals surface area contributed by atoms with Crippen molar-refractivity contribution in [3.8, 4) is 0 Å². The lowest BCUT2D eigenvalue weighted by Crippen LogP contribution is -2.36. The summed E-state index contributed by atoms with van der Waals surface area (Å²) < 4.78 is 27.6. The topological polar surface area (TPSA) is 61.8 Å². The molecule has 1 aliphatic carbocycles. The number of rotatable bonds is 7. The van der Waals surface area contributed by atoms with E-state index < -0.39 is 13.6 Å². The molecule has 1 aliphatic rings. The van der Waals surface area contributed by atoms with Gasteiger partial charge in [0.15, 0.2) is 0 Å². The van der Waals surface area contributed by atoms with Crippen molar-refractivity contribution in [2.24, 2.45) is 11.8 Å². The molecule has 0 radical (unpaired) electrons. The maximum atomic E-state index is 12.3. The Bertz CT molecular complexity index is 595.